The lowest BCUT2D eigenvalue weighted by molar-refractivity contribution is 0.120. The van der Waals surface area contributed by atoms with Crippen molar-refractivity contribution in [2.45, 2.75) is 0 Å². The summed E-state index contributed by atoms with van der Waals surface area (Å²) in [5.74, 6) is 2.19. The molecule has 1 aliphatic rings. The Morgan fingerprint density at radius 3 is 2.82 bits per heavy atom. The first-order chi connectivity index (χ1) is 10.8. The zero-order valence-corrected chi connectivity index (χ0v) is 13.0. The van der Waals surface area contributed by atoms with E-state index in [-0.39, 0.29) is 0 Å². The molecule has 0 atom stereocenters. The quantitative estimate of drug-likeness (QED) is 0.809. The number of morpholine rings is 1. The number of furan rings is 1. The summed E-state index contributed by atoms with van der Waals surface area (Å²) in [6.07, 6.45) is 1.66. The molecule has 2 aromatic rings. The highest BCUT2D eigenvalue weighted by Gasteiger charge is 2.14. The van der Waals surface area contributed by atoms with E-state index >= 15 is 0 Å². The lowest BCUT2D eigenvalue weighted by Crippen LogP contribution is -2.35. The molecule has 22 heavy (non-hydrogen) atoms. The number of ether oxygens (including phenoxy) is 2. The molecule has 0 aliphatic carbocycles. The number of methoxy groups -OCH3 is 1. The van der Waals surface area contributed by atoms with Gasteiger partial charge in [-0.2, -0.15) is 0 Å². The van der Waals surface area contributed by atoms with E-state index in [1.165, 1.54) is 0 Å². The Morgan fingerprint density at radius 2 is 2.05 bits per heavy atom. The van der Waals surface area contributed by atoms with Crippen LogP contribution in [-0.2, 0) is 4.74 Å². The van der Waals surface area contributed by atoms with Gasteiger partial charge in [-0.1, -0.05) is 11.6 Å². The molecule has 3 rings (SSSR count). The fourth-order valence-electron chi connectivity index (χ4n) is 2.26. The second-order valence-corrected chi connectivity index (χ2v) is 5.29. The lowest BCUT2D eigenvalue weighted by Gasteiger charge is -2.26. The van der Waals surface area contributed by atoms with E-state index in [0.717, 1.165) is 32.2 Å². The number of anilines is 1. The molecule has 5 nitrogen and oxygen atoms in total. The van der Waals surface area contributed by atoms with Crippen molar-refractivity contribution in [3.05, 3.63) is 41.1 Å². The molecule has 0 saturated carbocycles. The van der Waals surface area contributed by atoms with Crippen LogP contribution in [0, 0.1) is 0 Å². The normalized spacial score (nSPS) is 15.5. The fraction of sp³-hybridized carbons (Fsp3) is 0.312. The highest BCUT2D eigenvalue weighted by Crippen LogP contribution is 2.30. The molecule has 0 spiro atoms. The fourth-order valence-corrected chi connectivity index (χ4v) is 2.43. The predicted octanol–water partition coefficient (Wildman–Crippen LogP) is 3.53. The second-order valence-electron chi connectivity index (χ2n) is 4.85. The van der Waals surface area contributed by atoms with Crippen LogP contribution in [0.2, 0.25) is 5.02 Å². The number of benzene rings is 1. The van der Waals surface area contributed by atoms with Crippen molar-refractivity contribution < 1.29 is 13.9 Å². The number of rotatable bonds is 4. The first kappa shape index (κ1) is 14.9. The molecule has 1 aliphatic heterocycles. The molecule has 0 bridgehead atoms. The van der Waals surface area contributed by atoms with Gasteiger partial charge in [-0.05, 0) is 24.3 Å². The zero-order valence-electron chi connectivity index (χ0n) is 12.3. The largest absolute Gasteiger partial charge is 0.494 e. The van der Waals surface area contributed by atoms with Gasteiger partial charge in [-0.3, -0.25) is 0 Å². The van der Waals surface area contributed by atoms with Crippen LogP contribution in [0.3, 0.4) is 0 Å². The summed E-state index contributed by atoms with van der Waals surface area (Å²) in [5.41, 5.74) is 0.666. The van der Waals surface area contributed by atoms with E-state index < -0.39 is 0 Å². The summed E-state index contributed by atoms with van der Waals surface area (Å²) in [7, 11) is 1.60. The predicted molar refractivity (Wildman–Crippen MR) is 87.0 cm³/mol. The molecular formula is C16H17ClN2O3. The van der Waals surface area contributed by atoms with Crippen molar-refractivity contribution in [2.75, 3.05) is 38.3 Å². The average molecular weight is 321 g/mol. The summed E-state index contributed by atoms with van der Waals surface area (Å²) in [6, 6.07) is 9.15. The SMILES string of the molecule is COc1ccc(Cl)cc1N=Cc1ccc(N2CCOCC2)o1. The summed E-state index contributed by atoms with van der Waals surface area (Å²) in [4.78, 5) is 6.55. The highest BCUT2D eigenvalue weighted by atomic mass is 35.5. The summed E-state index contributed by atoms with van der Waals surface area (Å²) in [6.45, 7) is 3.13. The monoisotopic (exact) mass is 320 g/mol. The van der Waals surface area contributed by atoms with Gasteiger partial charge in [-0.15, -0.1) is 0 Å². The van der Waals surface area contributed by atoms with Gasteiger partial charge in [0.25, 0.3) is 0 Å². The third kappa shape index (κ3) is 3.43. The summed E-state index contributed by atoms with van der Waals surface area (Å²) in [5, 5.41) is 0.612. The smallest absolute Gasteiger partial charge is 0.196 e. The van der Waals surface area contributed by atoms with Crippen molar-refractivity contribution >= 4 is 29.4 Å². The minimum atomic E-state index is 0.612. The third-order valence-electron chi connectivity index (χ3n) is 3.41. The molecule has 1 aromatic carbocycles. The van der Waals surface area contributed by atoms with Gasteiger partial charge in [0.1, 0.15) is 17.2 Å². The van der Waals surface area contributed by atoms with E-state index in [2.05, 4.69) is 9.89 Å². The van der Waals surface area contributed by atoms with Crippen LogP contribution in [0.15, 0.2) is 39.7 Å². The Labute approximate surface area is 134 Å². The van der Waals surface area contributed by atoms with Crippen molar-refractivity contribution in [3.63, 3.8) is 0 Å². The molecule has 2 heterocycles. The number of hydrogen-bond acceptors (Lipinski definition) is 5. The van der Waals surface area contributed by atoms with Gasteiger partial charge >= 0.3 is 0 Å². The lowest BCUT2D eigenvalue weighted by atomic mass is 10.3. The molecule has 116 valence electrons. The van der Waals surface area contributed by atoms with E-state index in [0.29, 0.717) is 22.2 Å². The topological polar surface area (TPSA) is 47.2 Å². The number of halogens is 1. The molecule has 0 N–H and O–H groups in total. The molecule has 0 amide bonds. The van der Waals surface area contributed by atoms with E-state index in [1.54, 1.807) is 31.5 Å². The van der Waals surface area contributed by atoms with Crippen LogP contribution < -0.4 is 9.64 Å². The molecule has 1 saturated heterocycles. The zero-order chi connectivity index (χ0) is 15.4. The molecule has 1 aromatic heterocycles. The van der Waals surface area contributed by atoms with Crippen molar-refractivity contribution in [2.24, 2.45) is 4.99 Å². The first-order valence-corrected chi connectivity index (χ1v) is 7.44. The Morgan fingerprint density at radius 1 is 1.23 bits per heavy atom. The van der Waals surface area contributed by atoms with E-state index in [4.69, 9.17) is 25.5 Å². The average Bonchev–Trinajstić information content (AvgIpc) is 3.03. The number of hydrogen-bond donors (Lipinski definition) is 0. The van der Waals surface area contributed by atoms with Crippen LogP contribution in [0.25, 0.3) is 0 Å². The standard InChI is InChI=1S/C16H17ClN2O3/c1-20-15-4-2-12(17)10-14(15)18-11-13-3-5-16(22-13)19-6-8-21-9-7-19/h2-5,10-11H,6-9H2,1H3. The number of aliphatic imine (C=N–C) groups is 1. The second kappa shape index (κ2) is 6.85. The maximum atomic E-state index is 5.99. The van der Waals surface area contributed by atoms with E-state index in [9.17, 15) is 0 Å². The Kier molecular flexibility index (Phi) is 4.65. The van der Waals surface area contributed by atoms with Crippen molar-refractivity contribution in [1.82, 2.24) is 0 Å². The van der Waals surface area contributed by atoms with Crippen LogP contribution in [0.4, 0.5) is 11.6 Å². The first-order valence-electron chi connectivity index (χ1n) is 7.06. The summed E-state index contributed by atoms with van der Waals surface area (Å²) >= 11 is 5.99. The number of nitrogens with zero attached hydrogens (tertiary/aromatic N) is 2. The molecule has 0 unspecified atom stereocenters. The highest BCUT2D eigenvalue weighted by molar-refractivity contribution is 6.30. The van der Waals surface area contributed by atoms with Crippen LogP contribution in [0.5, 0.6) is 5.75 Å². The van der Waals surface area contributed by atoms with Crippen LogP contribution >= 0.6 is 11.6 Å². The van der Waals surface area contributed by atoms with Gasteiger partial charge in [-0.25, -0.2) is 4.99 Å². The summed E-state index contributed by atoms with van der Waals surface area (Å²) < 4.78 is 16.4. The minimum absolute atomic E-state index is 0.612. The minimum Gasteiger partial charge on any atom is -0.494 e. The third-order valence-corrected chi connectivity index (χ3v) is 3.64. The molecule has 6 heteroatoms. The Balaban J connectivity index is 1.75. The Hall–Kier alpha value is -1.98. The van der Waals surface area contributed by atoms with Crippen LogP contribution in [-0.4, -0.2) is 39.6 Å². The maximum absolute atomic E-state index is 5.99. The van der Waals surface area contributed by atoms with Crippen LogP contribution in [0.1, 0.15) is 5.76 Å². The molecule has 0 radical (unpaired) electrons. The molecule has 1 fully saturated rings. The van der Waals surface area contributed by atoms with Gasteiger partial charge < -0.3 is 18.8 Å². The maximum Gasteiger partial charge on any atom is 0.196 e. The van der Waals surface area contributed by atoms with Gasteiger partial charge in [0.05, 0.1) is 26.5 Å². The van der Waals surface area contributed by atoms with E-state index in [1.807, 2.05) is 12.1 Å². The Bertz CT molecular complexity index is 663. The molecular weight excluding hydrogens is 304 g/mol. The van der Waals surface area contributed by atoms with Gasteiger partial charge in [0.15, 0.2) is 5.88 Å². The van der Waals surface area contributed by atoms with Gasteiger partial charge in [0, 0.05) is 24.2 Å². The van der Waals surface area contributed by atoms with Crippen molar-refractivity contribution in [1.29, 1.82) is 0 Å². The van der Waals surface area contributed by atoms with Gasteiger partial charge in [0.2, 0.25) is 0 Å². The van der Waals surface area contributed by atoms with Crippen molar-refractivity contribution in [3.8, 4) is 5.75 Å².